The van der Waals surface area contributed by atoms with Crippen LogP contribution in [0, 0.1) is 0 Å². The molecule has 1 unspecified atom stereocenters. The largest absolute Gasteiger partial charge is 0.396 e. The van der Waals surface area contributed by atoms with Gasteiger partial charge in [0.05, 0.1) is 6.54 Å². The minimum atomic E-state index is 0.206. The summed E-state index contributed by atoms with van der Waals surface area (Å²) in [6, 6.07) is 8.62. The van der Waals surface area contributed by atoms with Gasteiger partial charge in [0.1, 0.15) is 0 Å². The summed E-state index contributed by atoms with van der Waals surface area (Å²) >= 11 is 0. The SMILES string of the molecule is O=C(CN1CCCCC1CCO)N1CCCc2ccccc21. The van der Waals surface area contributed by atoms with Gasteiger partial charge in [0, 0.05) is 24.9 Å². The lowest BCUT2D eigenvalue weighted by molar-refractivity contribution is -0.120. The minimum Gasteiger partial charge on any atom is -0.396 e. The van der Waals surface area contributed by atoms with Crippen LogP contribution in [0.5, 0.6) is 0 Å². The first kappa shape index (κ1) is 15.5. The molecule has 1 aromatic carbocycles. The van der Waals surface area contributed by atoms with Crippen molar-refractivity contribution in [1.82, 2.24) is 4.90 Å². The number of aliphatic hydroxyl groups is 1. The van der Waals surface area contributed by atoms with Gasteiger partial charge in [-0.3, -0.25) is 9.69 Å². The second kappa shape index (κ2) is 7.25. The van der Waals surface area contributed by atoms with Crippen molar-refractivity contribution in [3.05, 3.63) is 29.8 Å². The van der Waals surface area contributed by atoms with Gasteiger partial charge in [-0.2, -0.15) is 0 Å². The number of para-hydroxylation sites is 1. The van der Waals surface area contributed by atoms with Gasteiger partial charge in [-0.05, 0) is 50.3 Å². The first-order valence-electron chi connectivity index (χ1n) is 8.53. The van der Waals surface area contributed by atoms with E-state index in [1.807, 2.05) is 11.0 Å². The van der Waals surface area contributed by atoms with Crippen LogP contribution in [0.4, 0.5) is 5.69 Å². The average Bonchev–Trinajstić information content (AvgIpc) is 2.56. The number of fused-ring (bicyclic) bond motifs is 1. The van der Waals surface area contributed by atoms with Gasteiger partial charge < -0.3 is 10.0 Å². The van der Waals surface area contributed by atoms with E-state index in [9.17, 15) is 9.90 Å². The number of benzene rings is 1. The maximum absolute atomic E-state index is 12.8. The van der Waals surface area contributed by atoms with E-state index in [4.69, 9.17) is 0 Å². The fourth-order valence-corrected chi connectivity index (χ4v) is 3.80. The Morgan fingerprint density at radius 1 is 1.18 bits per heavy atom. The van der Waals surface area contributed by atoms with Crippen LogP contribution in [0.25, 0.3) is 0 Å². The Morgan fingerprint density at radius 2 is 2.05 bits per heavy atom. The van der Waals surface area contributed by atoms with Crippen molar-refractivity contribution in [1.29, 1.82) is 0 Å². The summed E-state index contributed by atoms with van der Waals surface area (Å²) in [5.41, 5.74) is 2.38. The molecule has 1 atom stereocenters. The number of aliphatic hydroxyl groups excluding tert-OH is 1. The number of aryl methyl sites for hydroxylation is 1. The molecule has 2 aliphatic heterocycles. The fraction of sp³-hybridized carbons (Fsp3) is 0.611. The summed E-state index contributed by atoms with van der Waals surface area (Å²) in [4.78, 5) is 17.0. The third-order valence-electron chi connectivity index (χ3n) is 4.96. The van der Waals surface area contributed by atoms with Crippen LogP contribution in [0.3, 0.4) is 0 Å². The zero-order valence-corrected chi connectivity index (χ0v) is 13.2. The van der Waals surface area contributed by atoms with Crippen LogP contribution < -0.4 is 4.90 Å². The van der Waals surface area contributed by atoms with Gasteiger partial charge >= 0.3 is 0 Å². The number of piperidine rings is 1. The molecule has 0 radical (unpaired) electrons. The number of amides is 1. The Morgan fingerprint density at radius 3 is 2.91 bits per heavy atom. The highest BCUT2D eigenvalue weighted by Gasteiger charge is 2.28. The van der Waals surface area contributed by atoms with Crippen LogP contribution in [0.1, 0.15) is 37.7 Å². The summed E-state index contributed by atoms with van der Waals surface area (Å²) in [5.74, 6) is 0.206. The van der Waals surface area contributed by atoms with Gasteiger partial charge in [0.15, 0.2) is 0 Å². The Balaban J connectivity index is 1.69. The molecule has 2 heterocycles. The van der Waals surface area contributed by atoms with Crippen LogP contribution in [-0.4, -0.2) is 48.2 Å². The van der Waals surface area contributed by atoms with E-state index in [-0.39, 0.29) is 12.5 Å². The van der Waals surface area contributed by atoms with Crippen molar-refractivity contribution in [3.63, 3.8) is 0 Å². The smallest absolute Gasteiger partial charge is 0.241 e. The van der Waals surface area contributed by atoms with Crippen LogP contribution >= 0.6 is 0 Å². The number of nitrogens with zero attached hydrogens (tertiary/aromatic N) is 2. The molecule has 3 rings (SSSR count). The highest BCUT2D eigenvalue weighted by molar-refractivity contribution is 5.96. The van der Waals surface area contributed by atoms with Gasteiger partial charge in [0.25, 0.3) is 0 Å². The van der Waals surface area contributed by atoms with E-state index in [1.54, 1.807) is 0 Å². The molecular weight excluding hydrogens is 276 g/mol. The maximum Gasteiger partial charge on any atom is 0.241 e. The van der Waals surface area contributed by atoms with E-state index >= 15 is 0 Å². The number of hydrogen-bond acceptors (Lipinski definition) is 3. The van der Waals surface area contributed by atoms with Crippen molar-refractivity contribution < 1.29 is 9.90 Å². The lowest BCUT2D eigenvalue weighted by Gasteiger charge is -2.37. The molecule has 0 spiro atoms. The van der Waals surface area contributed by atoms with Crippen molar-refractivity contribution in [2.45, 2.75) is 44.6 Å². The van der Waals surface area contributed by atoms with Crippen LogP contribution in [0.2, 0.25) is 0 Å². The van der Waals surface area contributed by atoms with Crippen molar-refractivity contribution >= 4 is 11.6 Å². The van der Waals surface area contributed by atoms with Crippen molar-refractivity contribution in [2.24, 2.45) is 0 Å². The van der Waals surface area contributed by atoms with Crippen LogP contribution in [0.15, 0.2) is 24.3 Å². The molecule has 0 aromatic heterocycles. The number of carbonyl (C=O) groups is 1. The van der Waals surface area contributed by atoms with E-state index < -0.39 is 0 Å². The number of hydrogen-bond donors (Lipinski definition) is 1. The molecule has 0 bridgehead atoms. The average molecular weight is 302 g/mol. The lowest BCUT2D eigenvalue weighted by atomic mass is 9.99. The molecule has 1 N–H and O–H groups in total. The number of anilines is 1. The monoisotopic (exact) mass is 302 g/mol. The fourth-order valence-electron chi connectivity index (χ4n) is 3.80. The lowest BCUT2D eigenvalue weighted by Crippen LogP contribution is -2.48. The highest BCUT2D eigenvalue weighted by Crippen LogP contribution is 2.27. The second-order valence-electron chi connectivity index (χ2n) is 6.41. The predicted molar refractivity (Wildman–Crippen MR) is 88.0 cm³/mol. The quantitative estimate of drug-likeness (QED) is 0.927. The van der Waals surface area contributed by atoms with E-state index in [2.05, 4.69) is 23.1 Å². The van der Waals surface area contributed by atoms with Gasteiger partial charge in [-0.1, -0.05) is 24.6 Å². The van der Waals surface area contributed by atoms with Gasteiger partial charge in [-0.25, -0.2) is 0 Å². The Labute approximate surface area is 132 Å². The molecule has 0 saturated carbocycles. The topological polar surface area (TPSA) is 43.8 Å². The molecule has 22 heavy (non-hydrogen) atoms. The summed E-state index contributed by atoms with van der Waals surface area (Å²) < 4.78 is 0. The Hall–Kier alpha value is -1.39. The van der Waals surface area contributed by atoms with E-state index in [0.29, 0.717) is 12.6 Å². The van der Waals surface area contributed by atoms with Gasteiger partial charge in [-0.15, -0.1) is 0 Å². The molecule has 1 saturated heterocycles. The molecule has 0 aliphatic carbocycles. The predicted octanol–water partition coefficient (Wildman–Crippen LogP) is 2.20. The first-order valence-corrected chi connectivity index (χ1v) is 8.53. The molecule has 2 aliphatic rings. The molecule has 4 nitrogen and oxygen atoms in total. The van der Waals surface area contributed by atoms with Crippen LogP contribution in [-0.2, 0) is 11.2 Å². The minimum absolute atomic E-state index is 0.206. The summed E-state index contributed by atoms with van der Waals surface area (Å²) in [5, 5.41) is 9.23. The standard InChI is InChI=1S/C18H26N2O2/c21-13-10-16-8-3-4-11-19(16)14-18(22)20-12-5-7-15-6-1-2-9-17(15)20/h1-2,6,9,16,21H,3-5,7-8,10-14H2. The Kier molecular flexibility index (Phi) is 5.11. The van der Waals surface area contributed by atoms with E-state index in [1.165, 1.54) is 12.0 Å². The molecule has 120 valence electrons. The maximum atomic E-state index is 12.8. The molecule has 1 aromatic rings. The normalized spacial score (nSPS) is 22.4. The zero-order chi connectivity index (χ0) is 15.4. The Bertz CT molecular complexity index is 516. The van der Waals surface area contributed by atoms with E-state index in [0.717, 1.165) is 50.9 Å². The van der Waals surface area contributed by atoms with Gasteiger partial charge in [0.2, 0.25) is 5.91 Å². The summed E-state index contributed by atoms with van der Waals surface area (Å²) in [6.07, 6.45) is 6.36. The number of carbonyl (C=O) groups excluding carboxylic acids is 1. The second-order valence-corrected chi connectivity index (χ2v) is 6.41. The third kappa shape index (κ3) is 3.33. The number of likely N-dealkylation sites (tertiary alicyclic amines) is 1. The molecular formula is C18H26N2O2. The molecule has 1 amide bonds. The first-order chi connectivity index (χ1) is 10.8. The molecule has 4 heteroatoms. The molecule has 1 fully saturated rings. The highest BCUT2D eigenvalue weighted by atomic mass is 16.3. The third-order valence-corrected chi connectivity index (χ3v) is 4.96. The van der Waals surface area contributed by atoms with Crippen molar-refractivity contribution in [2.75, 3.05) is 31.1 Å². The summed E-state index contributed by atoms with van der Waals surface area (Å²) in [6.45, 7) is 2.50. The number of rotatable bonds is 4. The van der Waals surface area contributed by atoms with Crippen molar-refractivity contribution in [3.8, 4) is 0 Å². The zero-order valence-electron chi connectivity index (χ0n) is 13.2. The summed E-state index contributed by atoms with van der Waals surface area (Å²) in [7, 11) is 0.